The lowest BCUT2D eigenvalue weighted by Gasteiger charge is -2.41. The molecule has 3 nitrogen and oxygen atoms in total. The summed E-state index contributed by atoms with van der Waals surface area (Å²) in [5.41, 5.74) is 0. The van der Waals surface area contributed by atoms with Crippen LogP contribution in [-0.2, 0) is 0 Å². The van der Waals surface area contributed by atoms with Crippen molar-refractivity contribution in [2.75, 3.05) is 0 Å². The quantitative estimate of drug-likeness (QED) is 0.624. The lowest BCUT2D eigenvalue weighted by atomic mass is 10.3. The molecule has 0 aliphatic heterocycles. The van der Waals surface area contributed by atoms with E-state index >= 15 is 0 Å². The highest BCUT2D eigenvalue weighted by Crippen LogP contribution is 2.33. The van der Waals surface area contributed by atoms with Crippen LogP contribution in [0.15, 0.2) is 84.9 Å². The Morgan fingerprint density at radius 3 is 1.30 bits per heavy atom. The SMILES string of the molecule is [O-][P+]([O-])([O-])c1ccc(P(c2ccccc2)c2ccccc2)cc1. The Morgan fingerprint density at radius 2 is 0.913 bits per heavy atom. The average Bonchev–Trinajstić information content (AvgIpc) is 2.57. The van der Waals surface area contributed by atoms with Crippen molar-refractivity contribution in [3.05, 3.63) is 84.9 Å². The van der Waals surface area contributed by atoms with Crippen molar-refractivity contribution >= 4 is 37.1 Å². The Bertz CT molecular complexity index is 714. The molecule has 3 aromatic carbocycles. The molecule has 0 atom stereocenters. The Labute approximate surface area is 137 Å². The highest BCUT2D eigenvalue weighted by molar-refractivity contribution is 7.79. The second-order valence-electron chi connectivity index (χ2n) is 5.02. The van der Waals surface area contributed by atoms with Crippen molar-refractivity contribution in [3.63, 3.8) is 0 Å². The van der Waals surface area contributed by atoms with Gasteiger partial charge in [0.05, 0.1) is 5.30 Å². The molecular formula is C18H14O3P2-2. The Kier molecular flexibility index (Phi) is 4.87. The van der Waals surface area contributed by atoms with Gasteiger partial charge in [0, 0.05) is 0 Å². The smallest absolute Gasteiger partial charge is 0.0764 e. The third kappa shape index (κ3) is 3.84. The van der Waals surface area contributed by atoms with Crippen LogP contribution in [0.1, 0.15) is 0 Å². The maximum Gasteiger partial charge on any atom is 0.0764 e. The zero-order valence-corrected chi connectivity index (χ0v) is 14.0. The number of hydrogen-bond acceptors (Lipinski definition) is 3. The fraction of sp³-hybridized carbons (Fsp3) is 0. The second-order valence-corrected chi connectivity index (χ2v) is 8.75. The summed E-state index contributed by atoms with van der Waals surface area (Å²) in [7, 11) is -5.49. The highest BCUT2D eigenvalue weighted by Gasteiger charge is 2.16. The fourth-order valence-corrected chi connectivity index (χ4v) is 5.18. The largest absolute Gasteiger partial charge is 0.684 e. The van der Waals surface area contributed by atoms with Crippen LogP contribution in [0, 0.1) is 0 Å². The lowest BCUT2D eigenvalue weighted by Crippen LogP contribution is -2.41. The Morgan fingerprint density at radius 1 is 0.522 bits per heavy atom. The van der Waals surface area contributed by atoms with Gasteiger partial charge in [-0.2, -0.15) is 0 Å². The molecular weight excluding hydrogens is 326 g/mol. The molecule has 0 aromatic heterocycles. The molecule has 0 radical (unpaired) electrons. The van der Waals surface area contributed by atoms with E-state index in [1.807, 2.05) is 36.4 Å². The van der Waals surface area contributed by atoms with E-state index in [1.165, 1.54) is 22.7 Å². The van der Waals surface area contributed by atoms with Crippen LogP contribution in [-0.4, -0.2) is 0 Å². The van der Waals surface area contributed by atoms with Gasteiger partial charge in [-0.1, -0.05) is 60.7 Å². The zero-order chi connectivity index (χ0) is 16.3. The predicted octanol–water partition coefficient (Wildman–Crippen LogP) is -0.0864. The summed E-state index contributed by atoms with van der Waals surface area (Å²) >= 11 is 0. The Hall–Kier alpha value is -1.60. The van der Waals surface area contributed by atoms with Crippen molar-refractivity contribution in [3.8, 4) is 0 Å². The third-order valence-electron chi connectivity index (χ3n) is 3.45. The molecule has 0 unspecified atom stereocenters. The van der Waals surface area contributed by atoms with Gasteiger partial charge < -0.3 is 14.7 Å². The lowest BCUT2D eigenvalue weighted by molar-refractivity contribution is -0.421. The van der Waals surface area contributed by atoms with Gasteiger partial charge in [0.1, 0.15) is 0 Å². The average molecular weight is 340 g/mol. The van der Waals surface area contributed by atoms with E-state index < -0.39 is 15.9 Å². The molecule has 0 fully saturated rings. The molecule has 0 spiro atoms. The standard InChI is InChI=1S/C18H16O3P2/c19-23(20,21)18-13-11-17(12-14-18)22(15-7-3-1-4-8-15)16-9-5-2-6-10-16/h1-14H,(H2,19,20,21)/p-2. The molecule has 5 heteroatoms. The molecule has 23 heavy (non-hydrogen) atoms. The monoisotopic (exact) mass is 340 g/mol. The van der Waals surface area contributed by atoms with Crippen molar-refractivity contribution < 1.29 is 14.7 Å². The molecule has 0 N–H and O–H groups in total. The molecule has 0 aliphatic carbocycles. The second kappa shape index (κ2) is 6.88. The number of rotatable bonds is 4. The molecule has 0 amide bonds. The molecule has 3 aromatic rings. The van der Waals surface area contributed by atoms with Gasteiger partial charge in [0.25, 0.3) is 0 Å². The first-order valence-electron chi connectivity index (χ1n) is 7.08. The highest BCUT2D eigenvalue weighted by atomic mass is 31.2. The van der Waals surface area contributed by atoms with E-state index in [2.05, 4.69) is 24.3 Å². The molecule has 0 saturated heterocycles. The van der Waals surface area contributed by atoms with Crippen molar-refractivity contribution in [2.24, 2.45) is 0 Å². The van der Waals surface area contributed by atoms with E-state index in [0.29, 0.717) is 0 Å². The zero-order valence-electron chi connectivity index (χ0n) is 12.2. The van der Waals surface area contributed by atoms with E-state index in [4.69, 9.17) is 0 Å². The first-order chi connectivity index (χ1) is 11.1. The van der Waals surface area contributed by atoms with Crippen molar-refractivity contribution in [2.45, 2.75) is 0 Å². The third-order valence-corrected chi connectivity index (χ3v) is 6.83. The van der Waals surface area contributed by atoms with Gasteiger partial charge in [-0.05, 0) is 48.1 Å². The van der Waals surface area contributed by atoms with Crippen LogP contribution in [0.3, 0.4) is 0 Å². The molecule has 0 aliphatic rings. The van der Waals surface area contributed by atoms with Gasteiger partial charge >= 0.3 is 0 Å². The minimum absolute atomic E-state index is 0.169. The molecule has 116 valence electrons. The maximum atomic E-state index is 11.1. The van der Waals surface area contributed by atoms with E-state index in [1.54, 1.807) is 12.1 Å². The summed E-state index contributed by atoms with van der Waals surface area (Å²) in [6, 6.07) is 26.5. The summed E-state index contributed by atoms with van der Waals surface area (Å²) < 4.78 is 0. The van der Waals surface area contributed by atoms with Crippen LogP contribution in [0.25, 0.3) is 0 Å². The molecule has 0 heterocycles. The first-order valence-corrected chi connectivity index (χ1v) is 9.97. The summed E-state index contributed by atoms with van der Waals surface area (Å²) in [5.74, 6) is 0. The van der Waals surface area contributed by atoms with Gasteiger partial charge in [-0.15, -0.1) is 7.94 Å². The maximum absolute atomic E-state index is 11.1. The van der Waals surface area contributed by atoms with Gasteiger partial charge in [0.15, 0.2) is 0 Å². The molecule has 3 rings (SSSR count). The van der Waals surface area contributed by atoms with Crippen LogP contribution in [0.2, 0.25) is 0 Å². The van der Waals surface area contributed by atoms with Crippen LogP contribution in [0.4, 0.5) is 0 Å². The summed E-state index contributed by atoms with van der Waals surface area (Å²) in [5, 5.41) is 3.19. The number of hydrogen-bond donors (Lipinski definition) is 0. The first kappa shape index (κ1) is 16.3. The van der Waals surface area contributed by atoms with Crippen molar-refractivity contribution in [1.82, 2.24) is 0 Å². The van der Waals surface area contributed by atoms with E-state index in [0.717, 1.165) is 5.30 Å². The van der Waals surface area contributed by atoms with E-state index in [-0.39, 0.29) is 5.30 Å². The minimum atomic E-state index is -4.70. The van der Waals surface area contributed by atoms with Crippen molar-refractivity contribution in [1.29, 1.82) is 0 Å². The summed E-state index contributed by atoms with van der Waals surface area (Å²) in [6.45, 7) is 0. The summed E-state index contributed by atoms with van der Waals surface area (Å²) in [6.07, 6.45) is 0. The molecule has 0 saturated carbocycles. The summed E-state index contributed by atoms with van der Waals surface area (Å²) in [4.78, 5) is 33.4. The normalized spacial score (nSPS) is 11.7. The van der Waals surface area contributed by atoms with Gasteiger partial charge in [-0.25, -0.2) is 0 Å². The van der Waals surface area contributed by atoms with Gasteiger partial charge in [-0.3, -0.25) is 0 Å². The number of benzene rings is 3. The minimum Gasteiger partial charge on any atom is -0.684 e. The topological polar surface area (TPSA) is 69.2 Å². The van der Waals surface area contributed by atoms with Crippen LogP contribution >= 0.6 is 15.9 Å². The van der Waals surface area contributed by atoms with E-state index in [9.17, 15) is 14.7 Å². The predicted molar refractivity (Wildman–Crippen MR) is 91.7 cm³/mol. The van der Waals surface area contributed by atoms with Crippen LogP contribution in [0.5, 0.6) is 0 Å². The van der Waals surface area contributed by atoms with Gasteiger partial charge in [0.2, 0.25) is 0 Å². The molecule has 0 bridgehead atoms. The Balaban J connectivity index is 2.06. The fourth-order valence-electron chi connectivity index (χ4n) is 2.39. The van der Waals surface area contributed by atoms with Crippen LogP contribution < -0.4 is 35.9 Å².